The lowest BCUT2D eigenvalue weighted by atomic mass is 10.0. The number of rotatable bonds is 8. The second kappa shape index (κ2) is 11.0. The van der Waals surface area contributed by atoms with Gasteiger partial charge in [-0.25, -0.2) is 4.99 Å². The molecule has 0 radical (unpaired) electrons. The molecular weight excluding hydrogens is 501 g/mol. The van der Waals surface area contributed by atoms with Crippen molar-refractivity contribution < 1.29 is 18.3 Å². The molecule has 0 saturated carbocycles. The molecule has 0 aliphatic heterocycles. The van der Waals surface area contributed by atoms with Crippen LogP contribution >= 0.6 is 0 Å². The van der Waals surface area contributed by atoms with Crippen LogP contribution in [0.15, 0.2) is 108 Å². The van der Waals surface area contributed by atoms with Crippen molar-refractivity contribution in [2.45, 2.75) is 19.3 Å². The summed E-state index contributed by atoms with van der Waals surface area (Å²) < 4.78 is 39.9. The van der Waals surface area contributed by atoms with E-state index in [0.717, 1.165) is 27.6 Å². The summed E-state index contributed by atoms with van der Waals surface area (Å²) in [5.74, 6) is -0.0291. The number of anilines is 1. The maximum atomic E-state index is 13.3. The minimum absolute atomic E-state index is 0.0291. The van der Waals surface area contributed by atoms with Gasteiger partial charge in [0.1, 0.15) is 0 Å². The molecule has 5 rings (SSSR count). The maximum absolute atomic E-state index is 13.3. The lowest BCUT2D eigenvalue weighted by Crippen LogP contribution is -2.33. The van der Waals surface area contributed by atoms with Crippen LogP contribution < -0.4 is 5.73 Å². The zero-order valence-electron chi connectivity index (χ0n) is 21.0. The molecule has 0 spiro atoms. The van der Waals surface area contributed by atoms with Gasteiger partial charge in [-0.3, -0.25) is 4.90 Å². The number of benzene rings is 4. The number of nitrogens with zero attached hydrogens (tertiary/aromatic N) is 2. The molecule has 0 atom stereocenters. The van der Waals surface area contributed by atoms with Crippen molar-refractivity contribution in [2.24, 2.45) is 4.99 Å². The molecular formula is C31H27F3N4O. The van der Waals surface area contributed by atoms with Crippen molar-refractivity contribution in [3.63, 3.8) is 0 Å². The minimum atomic E-state index is -4.31. The Bertz CT molecular complexity index is 1580. The summed E-state index contributed by atoms with van der Waals surface area (Å²) in [6, 6.07) is 31.0. The smallest absolute Gasteiger partial charge is 0.401 e. The van der Waals surface area contributed by atoms with Crippen molar-refractivity contribution in [1.29, 1.82) is 0 Å². The van der Waals surface area contributed by atoms with Gasteiger partial charge in [-0.05, 0) is 41.5 Å². The van der Waals surface area contributed by atoms with Crippen LogP contribution in [-0.2, 0) is 13.1 Å². The maximum Gasteiger partial charge on any atom is 0.401 e. The Hall–Kier alpha value is -4.56. The Morgan fingerprint density at radius 3 is 2.08 bits per heavy atom. The zero-order valence-corrected chi connectivity index (χ0v) is 21.0. The number of nitrogen functional groups attached to an aromatic ring is 1. The normalized spacial score (nSPS) is 12.4. The molecule has 5 aromatic rings. The number of aromatic hydroxyl groups is 1. The number of hydrogen-bond acceptors (Lipinski definition) is 4. The number of alkyl halides is 3. The minimum Gasteiger partial charge on any atom is -0.494 e. The molecule has 4 aromatic carbocycles. The zero-order chi connectivity index (χ0) is 27.4. The van der Waals surface area contributed by atoms with Gasteiger partial charge in [-0.15, -0.1) is 0 Å². The fourth-order valence-electron chi connectivity index (χ4n) is 4.62. The first kappa shape index (κ1) is 26.1. The highest BCUT2D eigenvalue weighted by Crippen LogP contribution is 2.33. The Morgan fingerprint density at radius 1 is 0.821 bits per heavy atom. The van der Waals surface area contributed by atoms with Gasteiger partial charge in [0.2, 0.25) is 0 Å². The van der Waals surface area contributed by atoms with E-state index in [1.54, 1.807) is 42.5 Å². The summed E-state index contributed by atoms with van der Waals surface area (Å²) in [4.78, 5) is 9.22. The molecule has 198 valence electrons. The summed E-state index contributed by atoms with van der Waals surface area (Å²) in [5, 5.41) is 11.5. The van der Waals surface area contributed by atoms with Crippen molar-refractivity contribution in [3.8, 4) is 5.88 Å². The van der Waals surface area contributed by atoms with Crippen LogP contribution in [0.25, 0.3) is 10.9 Å². The molecule has 39 heavy (non-hydrogen) atoms. The van der Waals surface area contributed by atoms with Crippen LogP contribution in [0.3, 0.4) is 0 Å². The Kier molecular flexibility index (Phi) is 7.38. The fraction of sp³-hybridized carbons (Fsp3) is 0.129. The molecule has 0 aliphatic rings. The molecule has 0 fully saturated rings. The topological polar surface area (TPSA) is 77.6 Å². The van der Waals surface area contributed by atoms with E-state index >= 15 is 0 Å². The van der Waals surface area contributed by atoms with Gasteiger partial charge in [0.15, 0.2) is 5.88 Å². The van der Waals surface area contributed by atoms with E-state index < -0.39 is 12.7 Å². The molecule has 0 unspecified atom stereocenters. The number of halogens is 3. The van der Waals surface area contributed by atoms with E-state index in [1.807, 2.05) is 60.7 Å². The number of aromatic nitrogens is 1. The number of H-pyrrole nitrogens is 1. The van der Waals surface area contributed by atoms with E-state index in [0.29, 0.717) is 22.6 Å². The molecule has 0 bridgehead atoms. The molecule has 0 saturated heterocycles. The number of aromatic amines is 1. The quantitative estimate of drug-likeness (QED) is 0.147. The van der Waals surface area contributed by atoms with Crippen LogP contribution in [-0.4, -0.2) is 33.4 Å². The van der Waals surface area contributed by atoms with Crippen LogP contribution in [0.2, 0.25) is 0 Å². The molecule has 0 amide bonds. The average molecular weight is 529 g/mol. The van der Waals surface area contributed by atoms with Crippen LogP contribution in [0, 0.1) is 0 Å². The van der Waals surface area contributed by atoms with Gasteiger partial charge < -0.3 is 15.8 Å². The molecule has 8 heteroatoms. The molecule has 5 nitrogen and oxygen atoms in total. The third-order valence-corrected chi connectivity index (χ3v) is 6.32. The summed E-state index contributed by atoms with van der Waals surface area (Å²) in [7, 11) is 0. The third kappa shape index (κ3) is 6.48. The van der Waals surface area contributed by atoms with E-state index in [2.05, 4.69) is 4.98 Å². The first-order valence-electron chi connectivity index (χ1n) is 12.4. The molecule has 4 N–H and O–H groups in total. The van der Waals surface area contributed by atoms with Gasteiger partial charge in [0.05, 0.1) is 23.5 Å². The van der Waals surface area contributed by atoms with Crippen molar-refractivity contribution in [1.82, 2.24) is 9.88 Å². The van der Waals surface area contributed by atoms with E-state index in [4.69, 9.17) is 10.7 Å². The van der Waals surface area contributed by atoms with Crippen LogP contribution in [0.5, 0.6) is 5.88 Å². The first-order chi connectivity index (χ1) is 18.7. The first-order valence-corrected chi connectivity index (χ1v) is 12.4. The summed E-state index contributed by atoms with van der Waals surface area (Å²) >= 11 is 0. The van der Waals surface area contributed by atoms with Gasteiger partial charge in [0.25, 0.3) is 0 Å². The van der Waals surface area contributed by atoms with E-state index in [1.165, 1.54) is 4.90 Å². The highest BCUT2D eigenvalue weighted by molar-refractivity contribution is 6.22. The Balaban J connectivity index is 1.47. The highest BCUT2D eigenvalue weighted by atomic mass is 19.4. The average Bonchev–Trinajstić information content (AvgIpc) is 3.23. The molecule has 0 aliphatic carbocycles. The summed E-state index contributed by atoms with van der Waals surface area (Å²) in [6.07, 6.45) is -4.31. The largest absolute Gasteiger partial charge is 0.494 e. The molecule has 1 aromatic heterocycles. The second-order valence-corrected chi connectivity index (χ2v) is 9.39. The predicted molar refractivity (Wildman–Crippen MR) is 149 cm³/mol. The van der Waals surface area contributed by atoms with Gasteiger partial charge >= 0.3 is 6.18 Å². The van der Waals surface area contributed by atoms with Crippen LogP contribution in [0.4, 0.5) is 24.5 Å². The van der Waals surface area contributed by atoms with E-state index in [-0.39, 0.29) is 19.0 Å². The number of hydrogen-bond donors (Lipinski definition) is 3. The Labute approximate surface area is 224 Å². The third-order valence-electron chi connectivity index (χ3n) is 6.32. The van der Waals surface area contributed by atoms with Crippen molar-refractivity contribution in [3.05, 3.63) is 125 Å². The number of fused-ring (bicyclic) bond motifs is 1. The van der Waals surface area contributed by atoms with Gasteiger partial charge in [0, 0.05) is 35.2 Å². The predicted octanol–water partition coefficient (Wildman–Crippen LogP) is 7.19. The van der Waals surface area contributed by atoms with Crippen molar-refractivity contribution in [2.75, 3.05) is 12.3 Å². The summed E-state index contributed by atoms with van der Waals surface area (Å²) in [6.45, 7) is -0.698. The highest BCUT2D eigenvalue weighted by Gasteiger charge is 2.30. The monoisotopic (exact) mass is 528 g/mol. The fourth-order valence-corrected chi connectivity index (χ4v) is 4.62. The summed E-state index contributed by atoms with van der Waals surface area (Å²) in [5.41, 5.74) is 11.3. The van der Waals surface area contributed by atoms with E-state index in [9.17, 15) is 18.3 Å². The van der Waals surface area contributed by atoms with Crippen LogP contribution in [0.1, 0.15) is 22.3 Å². The second-order valence-electron chi connectivity index (χ2n) is 9.39. The van der Waals surface area contributed by atoms with Gasteiger partial charge in [-0.2, -0.15) is 13.2 Å². The molecule has 1 heterocycles. The Morgan fingerprint density at radius 2 is 1.44 bits per heavy atom. The van der Waals surface area contributed by atoms with Gasteiger partial charge in [-0.1, -0.05) is 72.8 Å². The number of nitrogens with one attached hydrogen (secondary N) is 1. The van der Waals surface area contributed by atoms with Crippen molar-refractivity contribution >= 4 is 28.0 Å². The number of nitrogens with two attached hydrogens (primary N) is 1. The standard InChI is InChI=1S/C31H27F3N4O/c32-31(33,34)20-38(18-21-7-3-1-4-8-21)19-22-11-14-25(15-12-22)36-29(23-9-5-2-6-10-23)28-26-17-24(35)13-16-27(26)37-30(28)39/h1-17,37,39H,18-20,35H2. The number of aliphatic imine (C=N–C) groups is 1. The lowest BCUT2D eigenvalue weighted by Gasteiger charge is -2.24. The SMILES string of the molecule is Nc1ccc2[nH]c(O)c(C(=Nc3ccc(CN(Cc4ccccc4)CC(F)(F)F)cc3)c3ccccc3)c2c1. The lowest BCUT2D eigenvalue weighted by molar-refractivity contribution is -0.148.